The van der Waals surface area contributed by atoms with Gasteiger partial charge >= 0.3 is 0 Å². The van der Waals surface area contributed by atoms with Crippen LogP contribution in [-0.4, -0.2) is 0 Å². The zero-order valence-electron chi connectivity index (χ0n) is 34.5. The molecule has 0 saturated heterocycles. The Kier molecular flexibility index (Phi) is 12.1. The summed E-state index contributed by atoms with van der Waals surface area (Å²) < 4.78 is 0. The smallest absolute Gasteiger partial charge is 0.0644 e. The molecule has 9 rings (SSSR count). The van der Waals surface area contributed by atoms with Crippen molar-refractivity contribution in [2.45, 2.75) is 11.8 Å². The molecule has 0 fully saturated rings. The predicted octanol–water partition coefficient (Wildman–Crippen LogP) is 15.7. The van der Waals surface area contributed by atoms with E-state index < -0.39 is 0 Å². The molecular formula is C56H42Cl4N4. The lowest BCUT2D eigenvalue weighted by molar-refractivity contribution is 0.953. The van der Waals surface area contributed by atoms with Gasteiger partial charge in [-0.25, -0.2) is 0 Å². The summed E-state index contributed by atoms with van der Waals surface area (Å²) in [5, 5.41) is 1.80. The van der Waals surface area contributed by atoms with E-state index in [0.717, 1.165) is 77.9 Å². The maximum Gasteiger partial charge on any atom is 0.0644 e. The third kappa shape index (κ3) is 8.42. The molecule has 8 heteroatoms. The third-order valence-corrected chi connectivity index (χ3v) is 13.1. The third-order valence-electron chi connectivity index (χ3n) is 11.9. The largest absolute Gasteiger partial charge is 0.397 e. The van der Waals surface area contributed by atoms with Gasteiger partial charge in [-0.15, -0.1) is 0 Å². The highest BCUT2D eigenvalue weighted by atomic mass is 35.5. The van der Waals surface area contributed by atoms with Gasteiger partial charge in [0.2, 0.25) is 0 Å². The fourth-order valence-corrected chi connectivity index (χ4v) is 9.59. The van der Waals surface area contributed by atoms with Gasteiger partial charge < -0.3 is 22.9 Å². The molecule has 0 aliphatic heterocycles. The summed E-state index contributed by atoms with van der Waals surface area (Å²) in [4.78, 5) is 0. The van der Waals surface area contributed by atoms with Crippen molar-refractivity contribution in [3.8, 4) is 44.5 Å². The van der Waals surface area contributed by atoms with Gasteiger partial charge in [0.05, 0.1) is 42.8 Å². The molecule has 0 atom stereocenters. The van der Waals surface area contributed by atoms with Crippen molar-refractivity contribution in [1.29, 1.82) is 0 Å². The van der Waals surface area contributed by atoms with Crippen LogP contribution in [0.25, 0.3) is 44.5 Å². The number of benzene rings is 9. The molecule has 0 heterocycles. The minimum absolute atomic E-state index is 0.347. The van der Waals surface area contributed by atoms with Crippen LogP contribution in [0.15, 0.2) is 194 Å². The molecule has 4 nitrogen and oxygen atoms in total. The fraction of sp³-hybridized carbons (Fsp3) is 0.0357. The second kappa shape index (κ2) is 18.2. The zero-order chi connectivity index (χ0) is 44.5. The molecule has 0 aliphatic carbocycles. The van der Waals surface area contributed by atoms with E-state index in [-0.39, 0.29) is 11.8 Å². The second-order valence-corrected chi connectivity index (χ2v) is 17.5. The quantitative estimate of drug-likeness (QED) is 0.0810. The number of hydrogen-bond acceptors (Lipinski definition) is 4. The number of rotatable bonds is 10. The maximum absolute atomic E-state index is 7.03. The highest BCUT2D eigenvalue weighted by Crippen LogP contribution is 2.46. The first kappa shape index (κ1) is 42.6. The zero-order valence-corrected chi connectivity index (χ0v) is 37.5. The molecule has 0 saturated carbocycles. The average Bonchev–Trinajstić information content (AvgIpc) is 3.32. The van der Waals surface area contributed by atoms with E-state index >= 15 is 0 Å². The van der Waals surface area contributed by atoms with Crippen LogP contribution < -0.4 is 22.9 Å². The van der Waals surface area contributed by atoms with Gasteiger partial charge in [-0.1, -0.05) is 192 Å². The minimum atomic E-state index is -0.347. The van der Waals surface area contributed by atoms with Gasteiger partial charge in [0.1, 0.15) is 0 Å². The van der Waals surface area contributed by atoms with Crippen molar-refractivity contribution in [2.75, 3.05) is 22.9 Å². The molecular weight excluding hydrogens is 870 g/mol. The van der Waals surface area contributed by atoms with Gasteiger partial charge in [0.25, 0.3) is 0 Å². The molecule has 64 heavy (non-hydrogen) atoms. The van der Waals surface area contributed by atoms with Crippen molar-refractivity contribution >= 4 is 69.2 Å². The van der Waals surface area contributed by atoms with E-state index in [9.17, 15) is 0 Å². The lowest BCUT2D eigenvalue weighted by atomic mass is 9.79. The lowest BCUT2D eigenvalue weighted by Crippen LogP contribution is -2.09. The molecule has 9 aromatic rings. The van der Waals surface area contributed by atoms with Crippen LogP contribution in [0, 0.1) is 0 Å². The van der Waals surface area contributed by atoms with Crippen LogP contribution in [0.4, 0.5) is 22.7 Å². The molecule has 8 N–H and O–H groups in total. The summed E-state index contributed by atoms with van der Waals surface area (Å²) in [5.74, 6) is -0.695. The Morgan fingerprint density at radius 1 is 0.250 bits per heavy atom. The maximum atomic E-state index is 7.03. The summed E-state index contributed by atoms with van der Waals surface area (Å²) in [6, 6.07) is 64.9. The van der Waals surface area contributed by atoms with Crippen LogP contribution in [-0.2, 0) is 0 Å². The number of halogens is 4. The first-order valence-electron chi connectivity index (χ1n) is 20.7. The fourth-order valence-electron chi connectivity index (χ4n) is 8.68. The molecule has 314 valence electrons. The minimum Gasteiger partial charge on any atom is -0.397 e. The Balaban J connectivity index is 1.25. The Morgan fingerprint density at radius 3 is 0.656 bits per heavy atom. The molecule has 0 radical (unpaired) electrons. The average molecular weight is 913 g/mol. The molecule has 0 amide bonds. The van der Waals surface area contributed by atoms with Crippen LogP contribution in [0.3, 0.4) is 0 Å². The van der Waals surface area contributed by atoms with Crippen LogP contribution >= 0.6 is 46.4 Å². The highest BCUT2D eigenvalue weighted by Gasteiger charge is 2.26. The van der Waals surface area contributed by atoms with Crippen molar-refractivity contribution in [3.63, 3.8) is 0 Å². The molecule has 0 spiro atoms. The van der Waals surface area contributed by atoms with Crippen molar-refractivity contribution in [3.05, 3.63) is 248 Å². The highest BCUT2D eigenvalue weighted by molar-refractivity contribution is 6.35. The van der Waals surface area contributed by atoms with E-state index in [1.807, 2.05) is 146 Å². The molecule has 0 bridgehead atoms. The Morgan fingerprint density at radius 2 is 0.453 bits per heavy atom. The van der Waals surface area contributed by atoms with E-state index in [0.29, 0.717) is 42.8 Å². The van der Waals surface area contributed by atoms with Gasteiger partial charge in [-0.3, -0.25) is 0 Å². The summed E-state index contributed by atoms with van der Waals surface area (Å²) in [5.41, 5.74) is 41.6. The molecule has 0 unspecified atom stereocenters. The van der Waals surface area contributed by atoms with Crippen LogP contribution in [0.2, 0.25) is 20.1 Å². The van der Waals surface area contributed by atoms with Crippen molar-refractivity contribution in [2.24, 2.45) is 0 Å². The van der Waals surface area contributed by atoms with E-state index in [4.69, 9.17) is 69.3 Å². The normalized spacial score (nSPS) is 11.3. The van der Waals surface area contributed by atoms with Gasteiger partial charge in [-0.05, 0) is 104 Å². The summed E-state index contributed by atoms with van der Waals surface area (Å²) in [6.45, 7) is 0. The number of nitrogens with two attached hydrogens (primary N) is 4. The first-order chi connectivity index (χ1) is 31.0. The Labute approximate surface area is 393 Å². The second-order valence-electron chi connectivity index (χ2n) is 15.9. The predicted molar refractivity (Wildman–Crippen MR) is 274 cm³/mol. The summed E-state index contributed by atoms with van der Waals surface area (Å²) in [6.07, 6.45) is 0. The van der Waals surface area contributed by atoms with Crippen LogP contribution in [0.1, 0.15) is 45.2 Å². The van der Waals surface area contributed by atoms with E-state index in [1.165, 1.54) is 0 Å². The molecule has 9 aromatic carbocycles. The number of nitrogen functional groups attached to an aromatic ring is 4. The monoisotopic (exact) mass is 910 g/mol. The summed E-state index contributed by atoms with van der Waals surface area (Å²) >= 11 is 28.1. The van der Waals surface area contributed by atoms with Crippen molar-refractivity contribution in [1.82, 2.24) is 0 Å². The van der Waals surface area contributed by atoms with Gasteiger partial charge in [-0.2, -0.15) is 0 Å². The number of anilines is 4. The van der Waals surface area contributed by atoms with Gasteiger partial charge in [0, 0.05) is 34.1 Å². The van der Waals surface area contributed by atoms with Crippen molar-refractivity contribution < 1.29 is 0 Å². The Bertz CT molecular complexity index is 2720. The molecule has 0 aromatic heterocycles. The van der Waals surface area contributed by atoms with E-state index in [1.54, 1.807) is 0 Å². The summed E-state index contributed by atoms with van der Waals surface area (Å²) in [7, 11) is 0. The van der Waals surface area contributed by atoms with Gasteiger partial charge in [0.15, 0.2) is 0 Å². The first-order valence-corrected chi connectivity index (χ1v) is 22.2. The topological polar surface area (TPSA) is 104 Å². The lowest BCUT2D eigenvalue weighted by Gasteiger charge is -2.25. The number of hydrogen-bond donors (Lipinski definition) is 4. The molecule has 0 aliphatic rings. The Hall–Kier alpha value is -6.66. The SMILES string of the molecule is Nc1c(Cl)cc(C(c2ccc(C(c3cc(Cl)c(N)c(-c4ccccc4)c3)c3cc(Cl)c(N)c(-c4ccccc4)c3)cc2)c2cc(Cl)c(N)c(-c3ccccc3)c2)cc1-c1ccccc1. The van der Waals surface area contributed by atoms with Crippen LogP contribution in [0.5, 0.6) is 0 Å². The van der Waals surface area contributed by atoms with E-state index in [2.05, 4.69) is 48.5 Å². The standard InChI is InChI=1S/C56H42Cl4N4/c57-47-29-39(25-43(53(47)61)33-13-5-1-6-14-33)51(40-26-44(54(62)48(58)30-40)34-15-7-2-8-16-34)37-21-23-38(24-22-37)52(41-27-45(55(63)49(59)31-41)35-17-9-3-10-18-35)42-28-46(56(64)50(60)32-42)36-19-11-4-12-20-36/h1-32,51-52H,61-64H2.